The molecular weight excluding hydrogens is 400 g/mol. The molecule has 0 N–H and O–H groups in total. The monoisotopic (exact) mass is 430 g/mol. The number of piperidine rings is 2. The smallest absolute Gasteiger partial charge is 0.143 e. The molecule has 2 aliphatic rings. The van der Waals surface area contributed by atoms with Crippen LogP contribution in [-0.2, 0) is 0 Å². The molecule has 4 aromatic rings. The van der Waals surface area contributed by atoms with E-state index in [-0.39, 0.29) is 12.3 Å². The van der Waals surface area contributed by atoms with Crippen molar-refractivity contribution in [2.75, 3.05) is 26.2 Å². The highest BCUT2D eigenvalue weighted by Crippen LogP contribution is 2.36. The van der Waals surface area contributed by atoms with Crippen molar-refractivity contribution in [3.63, 3.8) is 0 Å². The summed E-state index contributed by atoms with van der Waals surface area (Å²) in [7, 11) is 0. The van der Waals surface area contributed by atoms with Crippen LogP contribution < -0.4 is 0 Å². The maximum absolute atomic E-state index is 4.71. The van der Waals surface area contributed by atoms with Crippen molar-refractivity contribution in [2.45, 2.75) is 50.9 Å². The van der Waals surface area contributed by atoms with Gasteiger partial charge in [-0.3, -0.25) is 9.80 Å². The first-order valence-corrected chi connectivity index (χ1v) is 12.0. The standard InChI is InChI=1S/C24H30N8/c1-7-15-29(16-8-1)23(31-21-13-5-3-11-19(21)25-27-31)24(30-17-9-2-10-18-30)32-22-14-6-4-12-20(22)26-28-32/h3-6,11-14,23-24H,1-2,7-10,15-18H2/t23-,24+. The summed E-state index contributed by atoms with van der Waals surface area (Å²) in [6.07, 6.45) is 7.46. The van der Waals surface area contributed by atoms with E-state index in [4.69, 9.17) is 10.4 Å². The van der Waals surface area contributed by atoms with Gasteiger partial charge >= 0.3 is 0 Å². The van der Waals surface area contributed by atoms with Crippen molar-refractivity contribution < 1.29 is 0 Å². The molecule has 8 heteroatoms. The molecule has 32 heavy (non-hydrogen) atoms. The van der Waals surface area contributed by atoms with Gasteiger partial charge in [0.1, 0.15) is 23.4 Å². The minimum Gasteiger partial charge on any atom is -0.279 e. The fourth-order valence-electron chi connectivity index (χ4n) is 5.47. The molecular formula is C24H30N8. The summed E-state index contributed by atoms with van der Waals surface area (Å²) in [4.78, 5) is 5.20. The molecule has 6 rings (SSSR count). The number of hydrogen-bond acceptors (Lipinski definition) is 6. The normalized spacial score (nSPS) is 20.6. The average Bonchev–Trinajstić information content (AvgIpc) is 3.48. The summed E-state index contributed by atoms with van der Waals surface area (Å²) in [5.74, 6) is 0. The Labute approximate surface area is 187 Å². The number of para-hydroxylation sites is 2. The van der Waals surface area contributed by atoms with E-state index in [1.54, 1.807) is 0 Å². The Morgan fingerprint density at radius 3 is 1.38 bits per heavy atom. The predicted octanol–water partition coefficient (Wildman–Crippen LogP) is 3.85. The van der Waals surface area contributed by atoms with Crippen molar-refractivity contribution in [3.8, 4) is 0 Å². The lowest BCUT2D eigenvalue weighted by Gasteiger charge is -2.44. The largest absolute Gasteiger partial charge is 0.279 e. The van der Waals surface area contributed by atoms with Crippen molar-refractivity contribution >= 4 is 22.1 Å². The van der Waals surface area contributed by atoms with Crippen LogP contribution in [0.15, 0.2) is 48.5 Å². The van der Waals surface area contributed by atoms with Gasteiger partial charge in [0.25, 0.3) is 0 Å². The molecule has 0 spiro atoms. The molecule has 0 saturated carbocycles. The summed E-state index contributed by atoms with van der Waals surface area (Å²) < 4.78 is 4.30. The summed E-state index contributed by atoms with van der Waals surface area (Å²) in [5.41, 5.74) is 4.04. The molecule has 166 valence electrons. The Hall–Kier alpha value is -2.84. The Morgan fingerprint density at radius 1 is 0.531 bits per heavy atom. The first kappa shape index (κ1) is 19.8. The van der Waals surface area contributed by atoms with Gasteiger partial charge in [-0.1, -0.05) is 47.5 Å². The van der Waals surface area contributed by atoms with Crippen molar-refractivity contribution in [1.82, 2.24) is 39.8 Å². The topological polar surface area (TPSA) is 67.9 Å². The van der Waals surface area contributed by atoms with Crippen molar-refractivity contribution in [3.05, 3.63) is 48.5 Å². The van der Waals surface area contributed by atoms with Gasteiger partial charge in [-0.15, -0.1) is 10.2 Å². The highest BCUT2D eigenvalue weighted by molar-refractivity contribution is 5.75. The molecule has 2 aromatic carbocycles. The molecule has 0 amide bonds. The minimum atomic E-state index is 0.00547. The van der Waals surface area contributed by atoms with E-state index in [9.17, 15) is 0 Å². The first-order chi connectivity index (χ1) is 15.9. The molecule has 2 saturated heterocycles. The van der Waals surface area contributed by atoms with Crippen LogP contribution in [0.2, 0.25) is 0 Å². The van der Waals surface area contributed by atoms with E-state index in [0.29, 0.717) is 0 Å². The zero-order valence-corrected chi connectivity index (χ0v) is 18.4. The van der Waals surface area contributed by atoms with Gasteiger partial charge in [0.15, 0.2) is 0 Å². The molecule has 2 aromatic heterocycles. The lowest BCUT2D eigenvalue weighted by Crippen LogP contribution is -2.49. The Kier molecular flexibility index (Phi) is 5.32. The van der Waals surface area contributed by atoms with Crippen LogP contribution >= 0.6 is 0 Å². The second-order valence-electron chi connectivity index (χ2n) is 9.07. The summed E-state index contributed by atoms with van der Waals surface area (Å²) in [5, 5.41) is 18.5. The molecule has 8 nitrogen and oxygen atoms in total. The Morgan fingerprint density at radius 2 is 0.938 bits per heavy atom. The number of benzene rings is 2. The van der Waals surface area contributed by atoms with Gasteiger partial charge in [0.2, 0.25) is 0 Å². The fourth-order valence-corrected chi connectivity index (χ4v) is 5.47. The van der Waals surface area contributed by atoms with Crippen LogP contribution in [-0.4, -0.2) is 66.0 Å². The molecule has 2 atom stereocenters. The third-order valence-electron chi connectivity index (χ3n) is 7.05. The number of likely N-dealkylation sites (tertiary alicyclic amines) is 2. The molecule has 0 bridgehead atoms. The van der Waals surface area contributed by atoms with Gasteiger partial charge in [0.05, 0.1) is 11.0 Å². The average molecular weight is 431 g/mol. The number of fused-ring (bicyclic) bond motifs is 2. The van der Waals surface area contributed by atoms with Gasteiger partial charge in [-0.2, -0.15) is 0 Å². The Balaban J connectivity index is 1.54. The van der Waals surface area contributed by atoms with Crippen LogP contribution in [0, 0.1) is 0 Å². The lowest BCUT2D eigenvalue weighted by atomic mass is 10.1. The molecule has 2 aliphatic heterocycles. The molecule has 0 aliphatic carbocycles. The van der Waals surface area contributed by atoms with Crippen LogP contribution in [0.25, 0.3) is 22.1 Å². The first-order valence-electron chi connectivity index (χ1n) is 12.0. The SMILES string of the molecule is c1ccc2c(c1)nnn2[C@H]([C@@H](N1CCCCC1)n1nnc2ccccc21)N1CCCCC1. The zero-order chi connectivity index (χ0) is 21.3. The van der Waals surface area contributed by atoms with Crippen LogP contribution in [0.1, 0.15) is 50.9 Å². The molecule has 4 heterocycles. The highest BCUT2D eigenvalue weighted by atomic mass is 15.6. The van der Waals surface area contributed by atoms with Crippen molar-refractivity contribution in [2.24, 2.45) is 0 Å². The lowest BCUT2D eigenvalue weighted by molar-refractivity contribution is -0.0301. The third-order valence-corrected chi connectivity index (χ3v) is 7.05. The van der Waals surface area contributed by atoms with E-state index in [0.717, 1.165) is 48.2 Å². The van der Waals surface area contributed by atoms with Gasteiger partial charge < -0.3 is 0 Å². The van der Waals surface area contributed by atoms with Gasteiger partial charge in [0, 0.05) is 26.2 Å². The number of hydrogen-bond donors (Lipinski definition) is 0. The van der Waals surface area contributed by atoms with Gasteiger partial charge in [-0.05, 0) is 49.9 Å². The quantitative estimate of drug-likeness (QED) is 0.479. The second-order valence-corrected chi connectivity index (χ2v) is 9.07. The fraction of sp³-hybridized carbons (Fsp3) is 0.500. The zero-order valence-electron chi connectivity index (χ0n) is 18.4. The third kappa shape index (κ3) is 3.47. The van der Waals surface area contributed by atoms with E-state index >= 15 is 0 Å². The minimum absolute atomic E-state index is 0.00547. The van der Waals surface area contributed by atoms with E-state index in [2.05, 4.69) is 53.6 Å². The highest BCUT2D eigenvalue weighted by Gasteiger charge is 2.39. The predicted molar refractivity (Wildman–Crippen MR) is 124 cm³/mol. The maximum Gasteiger partial charge on any atom is 0.143 e. The molecule has 0 unspecified atom stereocenters. The Bertz CT molecular complexity index is 1090. The second kappa shape index (κ2) is 8.60. The molecule has 0 radical (unpaired) electrons. The van der Waals surface area contributed by atoms with Gasteiger partial charge in [-0.25, -0.2) is 9.36 Å². The number of aromatic nitrogens is 6. The summed E-state index contributed by atoms with van der Waals surface area (Å²) in [6.45, 7) is 4.26. The maximum atomic E-state index is 4.71. The molecule has 2 fully saturated rings. The summed E-state index contributed by atoms with van der Waals surface area (Å²) in [6, 6.07) is 16.6. The van der Waals surface area contributed by atoms with E-state index < -0.39 is 0 Å². The summed E-state index contributed by atoms with van der Waals surface area (Å²) >= 11 is 0. The van der Waals surface area contributed by atoms with Crippen LogP contribution in [0.4, 0.5) is 0 Å². The van der Waals surface area contributed by atoms with Crippen LogP contribution in [0.3, 0.4) is 0 Å². The van der Waals surface area contributed by atoms with E-state index in [1.165, 1.54) is 38.5 Å². The van der Waals surface area contributed by atoms with Crippen LogP contribution in [0.5, 0.6) is 0 Å². The van der Waals surface area contributed by atoms with E-state index in [1.807, 2.05) is 24.3 Å². The number of nitrogens with zero attached hydrogens (tertiary/aromatic N) is 8. The number of rotatable bonds is 5. The van der Waals surface area contributed by atoms with Crippen molar-refractivity contribution in [1.29, 1.82) is 0 Å².